The lowest BCUT2D eigenvalue weighted by Crippen LogP contribution is -2.50. The standard InChI is InChI=1S/C20H23Cl2N3O/c1-14-5-3-8-18(15(14)2)24-9-11-25(12-10-24)19(26)13-23-17-7-4-6-16(21)20(17)22/h3-8,23H,9-13H2,1-2H3. The topological polar surface area (TPSA) is 35.6 Å². The second kappa shape index (κ2) is 8.19. The average molecular weight is 392 g/mol. The molecule has 1 fully saturated rings. The van der Waals surface area contributed by atoms with Crippen LogP contribution in [-0.2, 0) is 4.79 Å². The van der Waals surface area contributed by atoms with Crippen molar-refractivity contribution >= 4 is 40.5 Å². The van der Waals surface area contributed by atoms with E-state index in [1.807, 2.05) is 17.0 Å². The molecule has 0 aromatic heterocycles. The molecule has 0 spiro atoms. The van der Waals surface area contributed by atoms with Crippen molar-refractivity contribution in [2.24, 2.45) is 0 Å². The smallest absolute Gasteiger partial charge is 0.241 e. The quantitative estimate of drug-likeness (QED) is 0.839. The zero-order chi connectivity index (χ0) is 18.7. The molecule has 26 heavy (non-hydrogen) atoms. The number of benzene rings is 2. The van der Waals surface area contributed by atoms with Gasteiger partial charge in [0.1, 0.15) is 0 Å². The molecule has 1 aliphatic rings. The van der Waals surface area contributed by atoms with Gasteiger partial charge in [-0.25, -0.2) is 0 Å². The van der Waals surface area contributed by atoms with E-state index < -0.39 is 0 Å². The molecule has 0 saturated carbocycles. The molecule has 0 radical (unpaired) electrons. The first-order chi connectivity index (χ1) is 12.5. The molecular formula is C20H23Cl2N3O. The predicted molar refractivity (Wildman–Crippen MR) is 110 cm³/mol. The summed E-state index contributed by atoms with van der Waals surface area (Å²) in [5.74, 6) is 0.0710. The van der Waals surface area contributed by atoms with Gasteiger partial charge in [-0.1, -0.05) is 41.4 Å². The Bertz CT molecular complexity index is 802. The number of piperazine rings is 1. The van der Waals surface area contributed by atoms with Crippen LogP contribution in [-0.4, -0.2) is 43.5 Å². The van der Waals surface area contributed by atoms with Gasteiger partial charge in [-0.3, -0.25) is 4.79 Å². The minimum Gasteiger partial charge on any atom is -0.375 e. The largest absolute Gasteiger partial charge is 0.375 e. The van der Waals surface area contributed by atoms with Crippen molar-refractivity contribution in [3.63, 3.8) is 0 Å². The fourth-order valence-corrected chi connectivity index (χ4v) is 3.57. The summed E-state index contributed by atoms with van der Waals surface area (Å²) in [6, 6.07) is 11.7. The first kappa shape index (κ1) is 18.9. The fourth-order valence-electron chi connectivity index (χ4n) is 3.20. The highest BCUT2D eigenvalue weighted by molar-refractivity contribution is 6.43. The molecule has 1 aliphatic heterocycles. The zero-order valence-electron chi connectivity index (χ0n) is 15.1. The number of hydrogen-bond acceptors (Lipinski definition) is 3. The molecule has 1 saturated heterocycles. The Kier molecular flexibility index (Phi) is 5.94. The summed E-state index contributed by atoms with van der Waals surface area (Å²) < 4.78 is 0. The molecule has 2 aromatic rings. The van der Waals surface area contributed by atoms with Crippen molar-refractivity contribution in [3.8, 4) is 0 Å². The molecule has 0 bridgehead atoms. The molecule has 138 valence electrons. The Morgan fingerprint density at radius 2 is 1.73 bits per heavy atom. The van der Waals surface area contributed by atoms with E-state index in [2.05, 4.69) is 42.3 Å². The predicted octanol–water partition coefficient (Wildman–Crippen LogP) is 4.37. The van der Waals surface area contributed by atoms with E-state index in [-0.39, 0.29) is 12.5 Å². The van der Waals surface area contributed by atoms with Crippen LogP contribution in [0.15, 0.2) is 36.4 Å². The van der Waals surface area contributed by atoms with Crippen molar-refractivity contribution in [2.45, 2.75) is 13.8 Å². The normalized spacial score (nSPS) is 14.5. The fraction of sp³-hybridized carbons (Fsp3) is 0.350. The summed E-state index contributed by atoms with van der Waals surface area (Å²) in [6.45, 7) is 7.62. The second-order valence-corrected chi connectivity index (χ2v) is 7.33. The molecule has 0 unspecified atom stereocenters. The molecule has 0 aliphatic carbocycles. The molecule has 6 heteroatoms. The van der Waals surface area contributed by atoms with Gasteiger partial charge in [-0.2, -0.15) is 0 Å². The van der Waals surface area contributed by atoms with Crippen LogP contribution in [0.5, 0.6) is 0 Å². The highest BCUT2D eigenvalue weighted by Gasteiger charge is 2.22. The number of nitrogens with zero attached hydrogens (tertiary/aromatic N) is 2. The van der Waals surface area contributed by atoms with Gasteiger partial charge in [0, 0.05) is 31.9 Å². The molecular weight excluding hydrogens is 369 g/mol. The van der Waals surface area contributed by atoms with Crippen LogP contribution in [0.3, 0.4) is 0 Å². The highest BCUT2D eigenvalue weighted by Crippen LogP contribution is 2.29. The van der Waals surface area contributed by atoms with Crippen LogP contribution in [0, 0.1) is 13.8 Å². The molecule has 2 aromatic carbocycles. The van der Waals surface area contributed by atoms with Crippen molar-refractivity contribution in [3.05, 3.63) is 57.6 Å². The van der Waals surface area contributed by atoms with E-state index in [1.165, 1.54) is 16.8 Å². The number of hydrogen-bond donors (Lipinski definition) is 1. The van der Waals surface area contributed by atoms with E-state index in [0.717, 1.165) is 26.2 Å². The molecule has 4 nitrogen and oxygen atoms in total. The Balaban J connectivity index is 1.55. The third-order valence-corrected chi connectivity index (χ3v) is 5.75. The SMILES string of the molecule is Cc1cccc(N2CCN(C(=O)CNc3cccc(Cl)c3Cl)CC2)c1C. The second-order valence-electron chi connectivity index (χ2n) is 6.54. The van der Waals surface area contributed by atoms with Gasteiger partial charge in [0.2, 0.25) is 5.91 Å². The average Bonchev–Trinajstić information content (AvgIpc) is 2.65. The Labute approximate surface area is 164 Å². The van der Waals surface area contributed by atoms with E-state index in [4.69, 9.17) is 23.2 Å². The minimum absolute atomic E-state index is 0.0710. The highest BCUT2D eigenvalue weighted by atomic mass is 35.5. The number of aryl methyl sites for hydroxylation is 1. The molecule has 1 N–H and O–H groups in total. The lowest BCUT2D eigenvalue weighted by molar-refractivity contribution is -0.129. The minimum atomic E-state index is 0.0710. The van der Waals surface area contributed by atoms with E-state index in [9.17, 15) is 4.79 Å². The summed E-state index contributed by atoms with van der Waals surface area (Å²) in [5, 5.41) is 4.01. The number of carbonyl (C=O) groups is 1. The molecule has 3 rings (SSSR count). The molecule has 0 atom stereocenters. The Hall–Kier alpha value is -1.91. The first-order valence-electron chi connectivity index (χ1n) is 8.74. The van der Waals surface area contributed by atoms with Crippen LogP contribution < -0.4 is 10.2 Å². The van der Waals surface area contributed by atoms with Crippen LogP contribution in [0.4, 0.5) is 11.4 Å². The Morgan fingerprint density at radius 3 is 2.46 bits per heavy atom. The maximum Gasteiger partial charge on any atom is 0.241 e. The zero-order valence-corrected chi connectivity index (χ0v) is 16.6. The number of carbonyl (C=O) groups excluding carboxylic acids is 1. The lowest BCUT2D eigenvalue weighted by Gasteiger charge is -2.37. The van der Waals surface area contributed by atoms with Gasteiger partial charge in [0.25, 0.3) is 0 Å². The van der Waals surface area contributed by atoms with Crippen molar-refractivity contribution in [1.82, 2.24) is 4.90 Å². The Morgan fingerprint density at radius 1 is 1.04 bits per heavy atom. The van der Waals surface area contributed by atoms with E-state index >= 15 is 0 Å². The van der Waals surface area contributed by atoms with Crippen molar-refractivity contribution < 1.29 is 4.79 Å². The summed E-state index contributed by atoms with van der Waals surface area (Å²) in [6.07, 6.45) is 0. The summed E-state index contributed by atoms with van der Waals surface area (Å²) in [7, 11) is 0. The summed E-state index contributed by atoms with van der Waals surface area (Å²) in [5.41, 5.74) is 4.55. The van der Waals surface area contributed by atoms with Crippen LogP contribution in [0.2, 0.25) is 10.0 Å². The number of halogens is 2. The van der Waals surface area contributed by atoms with Crippen molar-refractivity contribution in [2.75, 3.05) is 42.9 Å². The van der Waals surface area contributed by atoms with Gasteiger partial charge in [0.15, 0.2) is 0 Å². The monoisotopic (exact) mass is 391 g/mol. The number of amides is 1. The maximum absolute atomic E-state index is 12.5. The van der Waals surface area contributed by atoms with Crippen molar-refractivity contribution in [1.29, 1.82) is 0 Å². The van der Waals surface area contributed by atoms with Gasteiger partial charge >= 0.3 is 0 Å². The van der Waals surface area contributed by atoms with E-state index in [0.29, 0.717) is 15.7 Å². The number of rotatable bonds is 4. The van der Waals surface area contributed by atoms with E-state index in [1.54, 1.807) is 6.07 Å². The van der Waals surface area contributed by atoms with Crippen LogP contribution in [0.1, 0.15) is 11.1 Å². The summed E-state index contributed by atoms with van der Waals surface area (Å²) >= 11 is 12.2. The number of anilines is 2. The van der Waals surface area contributed by atoms with Gasteiger partial charge in [-0.15, -0.1) is 0 Å². The first-order valence-corrected chi connectivity index (χ1v) is 9.50. The third kappa shape index (κ3) is 4.08. The van der Waals surface area contributed by atoms with Gasteiger partial charge < -0.3 is 15.1 Å². The van der Waals surface area contributed by atoms with Gasteiger partial charge in [0.05, 0.1) is 22.3 Å². The number of nitrogens with one attached hydrogen (secondary N) is 1. The lowest BCUT2D eigenvalue weighted by atomic mass is 10.1. The summed E-state index contributed by atoms with van der Waals surface area (Å²) in [4.78, 5) is 16.8. The molecule has 1 amide bonds. The van der Waals surface area contributed by atoms with Crippen LogP contribution in [0.25, 0.3) is 0 Å². The van der Waals surface area contributed by atoms with Crippen LogP contribution >= 0.6 is 23.2 Å². The van der Waals surface area contributed by atoms with Gasteiger partial charge in [-0.05, 0) is 43.2 Å². The molecule has 1 heterocycles. The third-order valence-electron chi connectivity index (χ3n) is 4.93. The maximum atomic E-state index is 12.5.